The molecule has 6 aromatic rings. The predicted molar refractivity (Wildman–Crippen MR) is 189 cm³/mol. The molecule has 4 aromatic carbocycles. The Kier molecular flexibility index (Phi) is 17.6. The molecule has 0 aliphatic heterocycles. The summed E-state index contributed by atoms with van der Waals surface area (Å²) < 4.78 is 4.25. The first-order valence-electron chi connectivity index (χ1n) is 16.1. The molecular formula is C39H45Ir2N6O2-. The Morgan fingerprint density at radius 1 is 0.531 bits per heavy atom. The van der Waals surface area contributed by atoms with E-state index in [0.717, 1.165) is 45.8 Å². The monoisotopic (exact) mass is 1020 g/mol. The van der Waals surface area contributed by atoms with Crippen LogP contribution < -0.4 is 0 Å². The molecule has 0 saturated carbocycles. The Bertz CT molecular complexity index is 1630. The molecule has 0 aliphatic carbocycles. The Labute approximate surface area is 317 Å². The van der Waals surface area contributed by atoms with Crippen molar-refractivity contribution in [2.45, 2.75) is 72.0 Å². The second-order valence-corrected chi connectivity index (χ2v) is 12.0. The first-order valence-corrected chi connectivity index (χ1v) is 16.1. The first kappa shape index (κ1) is 41.5. The second kappa shape index (κ2) is 20.8. The van der Waals surface area contributed by atoms with Gasteiger partial charge in [-0.05, 0) is 44.5 Å². The van der Waals surface area contributed by atoms with Gasteiger partial charge in [0, 0.05) is 69.0 Å². The average molecular weight is 1010 g/mol. The van der Waals surface area contributed by atoms with Gasteiger partial charge in [-0.3, -0.25) is 4.57 Å². The van der Waals surface area contributed by atoms with E-state index in [4.69, 9.17) is 10.2 Å². The number of benzene rings is 4. The molecule has 0 bridgehead atoms. The van der Waals surface area contributed by atoms with Gasteiger partial charge in [0.1, 0.15) is 11.6 Å². The molecule has 0 saturated heterocycles. The van der Waals surface area contributed by atoms with E-state index in [9.17, 15) is 0 Å². The number of para-hydroxylation sites is 2. The summed E-state index contributed by atoms with van der Waals surface area (Å²) in [6, 6.07) is 41.7. The van der Waals surface area contributed by atoms with E-state index in [1.54, 1.807) is 13.8 Å². The van der Waals surface area contributed by atoms with E-state index in [0.29, 0.717) is 18.3 Å². The van der Waals surface area contributed by atoms with Crippen molar-refractivity contribution in [2.24, 2.45) is 0 Å². The van der Waals surface area contributed by atoms with Gasteiger partial charge in [-0.2, -0.15) is 5.10 Å². The molecule has 0 amide bonds. The smallest absolute Gasteiger partial charge is 0.168 e. The first-order chi connectivity index (χ1) is 22.7. The van der Waals surface area contributed by atoms with Crippen molar-refractivity contribution in [2.75, 3.05) is 0 Å². The van der Waals surface area contributed by atoms with Crippen LogP contribution >= 0.6 is 0 Å². The molecule has 0 spiro atoms. The van der Waals surface area contributed by atoms with Gasteiger partial charge < -0.3 is 14.8 Å². The molecule has 2 aromatic heterocycles. The quantitative estimate of drug-likeness (QED) is 0.150. The standard InChI is InChI=1S/C17H17N3.C17H16N3.C5H12O2.2Ir/c2*1-13(2)16-18-19-17(14-9-5-3-6-10-14)20(16)15-11-7-4-8-12-15;1-4(6)3-5(2)7;;/h3-13H,1-2H3;3-9,11-13H,1-2H3;4-7H,3H2,1-2H3;;/q;-1;;;. The zero-order chi connectivity index (χ0) is 33.8. The van der Waals surface area contributed by atoms with Gasteiger partial charge in [0.05, 0.1) is 18.0 Å². The molecule has 2 radical (unpaired) electrons. The maximum Gasteiger partial charge on any atom is 0.168 e. The van der Waals surface area contributed by atoms with Gasteiger partial charge in [-0.1, -0.05) is 94.4 Å². The summed E-state index contributed by atoms with van der Waals surface area (Å²) in [6.45, 7) is 11.8. The molecule has 0 aliphatic rings. The fourth-order valence-corrected chi connectivity index (χ4v) is 4.98. The molecular weight excluding hydrogens is 969 g/mol. The van der Waals surface area contributed by atoms with Gasteiger partial charge in [0.15, 0.2) is 5.82 Å². The van der Waals surface area contributed by atoms with E-state index in [-0.39, 0.29) is 52.4 Å². The molecule has 0 fully saturated rings. The summed E-state index contributed by atoms with van der Waals surface area (Å²) in [5.74, 6) is 4.29. The number of aromatic nitrogens is 6. The molecule has 49 heavy (non-hydrogen) atoms. The zero-order valence-electron chi connectivity index (χ0n) is 28.7. The third kappa shape index (κ3) is 11.7. The van der Waals surface area contributed by atoms with E-state index in [1.807, 2.05) is 78.9 Å². The van der Waals surface area contributed by atoms with Crippen LogP contribution in [0.3, 0.4) is 0 Å². The van der Waals surface area contributed by atoms with Crippen LogP contribution in [0.15, 0.2) is 115 Å². The Morgan fingerprint density at radius 3 is 1.33 bits per heavy atom. The minimum absolute atomic E-state index is 0. The van der Waals surface area contributed by atoms with Crippen LogP contribution in [0.2, 0.25) is 0 Å². The van der Waals surface area contributed by atoms with E-state index in [1.165, 1.54) is 0 Å². The molecule has 262 valence electrons. The average Bonchev–Trinajstić information content (AvgIpc) is 3.73. The second-order valence-electron chi connectivity index (χ2n) is 12.0. The maximum atomic E-state index is 8.56. The van der Waals surface area contributed by atoms with Gasteiger partial charge >= 0.3 is 0 Å². The van der Waals surface area contributed by atoms with Gasteiger partial charge in [0.25, 0.3) is 0 Å². The number of aliphatic hydroxyl groups excluding tert-OH is 2. The molecule has 10 heteroatoms. The van der Waals surface area contributed by atoms with Crippen molar-refractivity contribution < 1.29 is 50.4 Å². The fraction of sp³-hybridized carbons (Fsp3) is 0.282. The van der Waals surface area contributed by atoms with Crippen molar-refractivity contribution in [3.8, 4) is 34.2 Å². The van der Waals surface area contributed by atoms with Gasteiger partial charge in [-0.25, -0.2) is 0 Å². The summed E-state index contributed by atoms with van der Waals surface area (Å²) in [4.78, 5) is 0. The summed E-state index contributed by atoms with van der Waals surface area (Å²) in [6.07, 6.45) is -0.278. The molecule has 8 nitrogen and oxygen atoms in total. The van der Waals surface area contributed by atoms with Crippen molar-refractivity contribution in [1.29, 1.82) is 0 Å². The SMILES string of the molecule is CC(C)c1nnc(-c2[c-]cccc2)n1-c1ccccc1.CC(C)c1nnc(-c2ccccc2)n1-c1ccccc1.CC(O)CC(C)O.[Ir].[Ir]. The predicted octanol–water partition coefficient (Wildman–Crippen LogP) is 8.05. The van der Waals surface area contributed by atoms with Crippen LogP contribution in [0, 0.1) is 6.07 Å². The fourth-order valence-electron chi connectivity index (χ4n) is 4.98. The Hall–Kier alpha value is -3.62. The summed E-state index contributed by atoms with van der Waals surface area (Å²) in [7, 11) is 0. The third-order valence-electron chi connectivity index (χ3n) is 7.10. The maximum absolute atomic E-state index is 8.56. The summed E-state index contributed by atoms with van der Waals surface area (Å²) in [5, 5.41) is 34.6. The van der Waals surface area contributed by atoms with Crippen molar-refractivity contribution >= 4 is 0 Å². The molecule has 2 unspecified atom stereocenters. The Morgan fingerprint density at radius 2 is 0.939 bits per heavy atom. The molecule has 2 atom stereocenters. The van der Waals surface area contributed by atoms with Crippen LogP contribution in [0.25, 0.3) is 34.2 Å². The van der Waals surface area contributed by atoms with Crippen molar-refractivity contribution in [1.82, 2.24) is 29.5 Å². The topological polar surface area (TPSA) is 102 Å². The van der Waals surface area contributed by atoms with Crippen molar-refractivity contribution in [3.63, 3.8) is 0 Å². The zero-order valence-corrected chi connectivity index (χ0v) is 33.5. The third-order valence-corrected chi connectivity index (χ3v) is 7.10. The van der Waals surface area contributed by atoms with Crippen LogP contribution in [0.1, 0.15) is 71.4 Å². The van der Waals surface area contributed by atoms with Crippen LogP contribution in [-0.4, -0.2) is 51.9 Å². The van der Waals surface area contributed by atoms with Crippen LogP contribution in [-0.2, 0) is 40.2 Å². The van der Waals surface area contributed by atoms with E-state index in [2.05, 4.69) is 99.7 Å². The summed E-state index contributed by atoms with van der Waals surface area (Å²) >= 11 is 0. The number of rotatable bonds is 8. The van der Waals surface area contributed by atoms with Gasteiger partial charge in [-0.15, -0.1) is 51.2 Å². The van der Waals surface area contributed by atoms with E-state index >= 15 is 0 Å². The Balaban J connectivity index is 0.000000277. The van der Waals surface area contributed by atoms with Crippen LogP contribution in [0.5, 0.6) is 0 Å². The normalized spacial score (nSPS) is 11.6. The number of hydrogen-bond acceptors (Lipinski definition) is 6. The number of hydrogen-bond donors (Lipinski definition) is 2. The van der Waals surface area contributed by atoms with Crippen LogP contribution in [0.4, 0.5) is 0 Å². The van der Waals surface area contributed by atoms with Gasteiger partial charge in [0.2, 0.25) is 0 Å². The minimum Gasteiger partial charge on any atom is -0.393 e. The minimum atomic E-state index is -0.375. The van der Waals surface area contributed by atoms with Crippen molar-refractivity contribution in [3.05, 3.63) is 133 Å². The molecule has 2 N–H and O–H groups in total. The summed E-state index contributed by atoms with van der Waals surface area (Å²) in [5.41, 5.74) is 4.21. The number of aliphatic hydroxyl groups is 2. The van der Waals surface area contributed by atoms with E-state index < -0.39 is 0 Å². The molecule has 6 rings (SSSR count). The number of nitrogens with zero attached hydrogens (tertiary/aromatic N) is 6. The largest absolute Gasteiger partial charge is 0.393 e. The molecule has 2 heterocycles.